The first-order chi connectivity index (χ1) is 6.77. The van der Waals surface area contributed by atoms with E-state index in [0.717, 1.165) is 11.1 Å². The van der Waals surface area contributed by atoms with Crippen LogP contribution >= 0.6 is 49.9 Å². The number of methoxy groups -OCH3 is 1. The number of alkyl halides is 1. The third-order valence-corrected chi connectivity index (χ3v) is 4.62. The van der Waals surface area contributed by atoms with Crippen LogP contribution in [0.4, 0.5) is 0 Å². The molecule has 4 heteroatoms. The number of thiophene rings is 1. The van der Waals surface area contributed by atoms with Crippen LogP contribution in [0, 0.1) is 3.57 Å². The Morgan fingerprint density at radius 1 is 1.50 bits per heavy atom. The fraction of sp³-hybridized carbons (Fsp3) is 0.200. The second-order valence-corrected chi connectivity index (χ2v) is 5.45. The van der Waals surface area contributed by atoms with Gasteiger partial charge in [-0.05, 0) is 34.2 Å². The quantitative estimate of drug-likeness (QED) is 0.552. The summed E-state index contributed by atoms with van der Waals surface area (Å²) in [4.78, 5) is 0. The predicted octanol–water partition coefficient (Wildman–Crippen LogP) is 4.41. The van der Waals surface area contributed by atoms with E-state index in [4.69, 9.17) is 4.74 Å². The average Bonchev–Trinajstić information content (AvgIpc) is 2.63. The molecule has 0 fully saturated rings. The van der Waals surface area contributed by atoms with Gasteiger partial charge >= 0.3 is 0 Å². The fourth-order valence-corrected chi connectivity index (χ4v) is 4.00. The minimum absolute atomic E-state index is 0.893. The van der Waals surface area contributed by atoms with Crippen molar-refractivity contribution in [1.82, 2.24) is 0 Å². The predicted molar refractivity (Wildman–Crippen MR) is 73.7 cm³/mol. The van der Waals surface area contributed by atoms with Gasteiger partial charge < -0.3 is 4.74 Å². The van der Waals surface area contributed by atoms with Gasteiger partial charge in [-0.25, -0.2) is 0 Å². The standard InChI is InChI=1S/C10H8BrIOS/c1-13-8-5-14-10-6(4-11)2-3-7(12)9(8)10/h2-3,5H,4H2,1H3. The maximum atomic E-state index is 5.34. The summed E-state index contributed by atoms with van der Waals surface area (Å²) >= 11 is 7.59. The average molecular weight is 383 g/mol. The zero-order valence-electron chi connectivity index (χ0n) is 7.51. The molecule has 1 nitrogen and oxygen atoms in total. The van der Waals surface area contributed by atoms with Gasteiger partial charge in [0.05, 0.1) is 7.11 Å². The van der Waals surface area contributed by atoms with Gasteiger partial charge in [0, 0.05) is 24.4 Å². The van der Waals surface area contributed by atoms with Gasteiger partial charge in [0.25, 0.3) is 0 Å². The lowest BCUT2D eigenvalue weighted by Gasteiger charge is -2.02. The Hall–Kier alpha value is 0.190. The van der Waals surface area contributed by atoms with Crippen molar-refractivity contribution in [2.45, 2.75) is 5.33 Å². The normalized spacial score (nSPS) is 10.8. The van der Waals surface area contributed by atoms with E-state index in [1.165, 1.54) is 19.2 Å². The largest absolute Gasteiger partial charge is 0.495 e. The summed E-state index contributed by atoms with van der Waals surface area (Å²) in [5.41, 5.74) is 1.33. The molecular weight excluding hydrogens is 375 g/mol. The van der Waals surface area contributed by atoms with Crippen LogP contribution in [0.5, 0.6) is 5.75 Å². The number of fused-ring (bicyclic) bond motifs is 1. The van der Waals surface area contributed by atoms with E-state index in [0.29, 0.717) is 0 Å². The second kappa shape index (κ2) is 4.37. The van der Waals surface area contributed by atoms with Gasteiger partial charge in [-0.1, -0.05) is 22.0 Å². The number of hydrogen-bond acceptors (Lipinski definition) is 2. The highest BCUT2D eigenvalue weighted by Crippen LogP contribution is 2.38. The van der Waals surface area contributed by atoms with Crippen LogP contribution in [0.1, 0.15) is 5.56 Å². The van der Waals surface area contributed by atoms with Crippen molar-refractivity contribution in [3.8, 4) is 5.75 Å². The van der Waals surface area contributed by atoms with Crippen molar-refractivity contribution in [1.29, 1.82) is 0 Å². The Labute approximate surface area is 109 Å². The highest BCUT2D eigenvalue weighted by molar-refractivity contribution is 14.1. The third kappa shape index (κ3) is 1.67. The Bertz CT molecular complexity index is 466. The van der Waals surface area contributed by atoms with Gasteiger partial charge in [-0.15, -0.1) is 11.3 Å². The molecule has 74 valence electrons. The van der Waals surface area contributed by atoms with E-state index < -0.39 is 0 Å². The highest BCUT2D eigenvalue weighted by atomic mass is 127. The summed E-state index contributed by atoms with van der Waals surface area (Å²) in [6, 6.07) is 4.30. The first-order valence-electron chi connectivity index (χ1n) is 4.06. The molecule has 0 amide bonds. The second-order valence-electron chi connectivity index (χ2n) is 2.85. The smallest absolute Gasteiger partial charge is 0.138 e. The Balaban J connectivity index is 2.80. The van der Waals surface area contributed by atoms with E-state index >= 15 is 0 Å². The molecule has 1 aromatic carbocycles. The maximum Gasteiger partial charge on any atom is 0.138 e. The number of halogens is 2. The summed E-state index contributed by atoms with van der Waals surface area (Å²) in [5, 5.41) is 4.21. The first-order valence-corrected chi connectivity index (χ1v) is 7.14. The molecule has 0 bridgehead atoms. The molecule has 0 spiro atoms. The summed E-state index contributed by atoms with van der Waals surface area (Å²) in [5.74, 6) is 0.984. The van der Waals surface area contributed by atoms with E-state index in [1.807, 2.05) is 0 Å². The SMILES string of the molecule is COc1csc2c(CBr)ccc(I)c12. The number of ether oxygens (including phenoxy) is 1. The Kier molecular flexibility index (Phi) is 3.34. The monoisotopic (exact) mass is 382 g/mol. The molecule has 0 atom stereocenters. The van der Waals surface area contributed by atoms with Crippen LogP contribution in [0.2, 0.25) is 0 Å². The zero-order valence-corrected chi connectivity index (χ0v) is 12.1. The summed E-state index contributed by atoms with van der Waals surface area (Å²) in [6.07, 6.45) is 0. The molecule has 0 aliphatic heterocycles. The number of benzene rings is 1. The number of hydrogen-bond donors (Lipinski definition) is 0. The minimum atomic E-state index is 0.893. The molecule has 2 rings (SSSR count). The van der Waals surface area contributed by atoms with Crippen molar-refractivity contribution in [2.75, 3.05) is 7.11 Å². The molecule has 0 N–H and O–H groups in total. The molecule has 0 saturated carbocycles. The molecular formula is C10H8BrIOS. The van der Waals surface area contributed by atoms with E-state index in [1.54, 1.807) is 18.4 Å². The molecule has 0 aliphatic rings. The Morgan fingerprint density at radius 3 is 2.93 bits per heavy atom. The van der Waals surface area contributed by atoms with Crippen molar-refractivity contribution in [2.24, 2.45) is 0 Å². The topological polar surface area (TPSA) is 9.23 Å². The molecule has 14 heavy (non-hydrogen) atoms. The van der Waals surface area contributed by atoms with Gasteiger partial charge in [-0.3, -0.25) is 0 Å². The van der Waals surface area contributed by atoms with Crippen LogP contribution in [0.25, 0.3) is 10.1 Å². The van der Waals surface area contributed by atoms with E-state index in [9.17, 15) is 0 Å². The van der Waals surface area contributed by atoms with Crippen LogP contribution in [0.3, 0.4) is 0 Å². The van der Waals surface area contributed by atoms with Crippen molar-refractivity contribution in [3.05, 3.63) is 26.6 Å². The minimum Gasteiger partial charge on any atom is -0.495 e. The molecule has 0 saturated heterocycles. The van der Waals surface area contributed by atoms with Crippen LogP contribution in [0.15, 0.2) is 17.5 Å². The van der Waals surface area contributed by atoms with Gasteiger partial charge in [-0.2, -0.15) is 0 Å². The van der Waals surface area contributed by atoms with E-state index in [2.05, 4.69) is 56.0 Å². The van der Waals surface area contributed by atoms with Gasteiger partial charge in [0.2, 0.25) is 0 Å². The van der Waals surface area contributed by atoms with Gasteiger partial charge in [0.15, 0.2) is 0 Å². The Morgan fingerprint density at radius 2 is 2.29 bits per heavy atom. The molecule has 1 aromatic heterocycles. The van der Waals surface area contributed by atoms with Crippen LogP contribution in [-0.4, -0.2) is 7.11 Å². The maximum absolute atomic E-state index is 5.34. The molecule has 0 aliphatic carbocycles. The van der Waals surface area contributed by atoms with Crippen LogP contribution in [-0.2, 0) is 5.33 Å². The lowest BCUT2D eigenvalue weighted by molar-refractivity contribution is 0.421. The first kappa shape index (κ1) is 10.7. The molecule has 1 heterocycles. The lowest BCUT2D eigenvalue weighted by atomic mass is 10.2. The molecule has 0 radical (unpaired) electrons. The van der Waals surface area contributed by atoms with E-state index in [-0.39, 0.29) is 0 Å². The van der Waals surface area contributed by atoms with Crippen molar-refractivity contribution < 1.29 is 4.74 Å². The summed E-state index contributed by atoms with van der Waals surface area (Å²) in [7, 11) is 1.72. The van der Waals surface area contributed by atoms with Crippen molar-refractivity contribution in [3.63, 3.8) is 0 Å². The molecule has 0 unspecified atom stereocenters. The van der Waals surface area contributed by atoms with Gasteiger partial charge in [0.1, 0.15) is 5.75 Å². The zero-order chi connectivity index (χ0) is 10.1. The molecule has 2 aromatic rings. The van der Waals surface area contributed by atoms with Crippen molar-refractivity contribution >= 4 is 59.9 Å². The fourth-order valence-electron chi connectivity index (χ4n) is 1.39. The summed E-state index contributed by atoms with van der Waals surface area (Å²) in [6.45, 7) is 0. The summed E-state index contributed by atoms with van der Waals surface area (Å²) < 4.78 is 7.91. The third-order valence-electron chi connectivity index (χ3n) is 2.08. The lowest BCUT2D eigenvalue weighted by Crippen LogP contribution is -1.84. The number of rotatable bonds is 2. The highest BCUT2D eigenvalue weighted by Gasteiger charge is 2.10. The van der Waals surface area contributed by atoms with Crippen LogP contribution < -0.4 is 4.74 Å².